The van der Waals surface area contributed by atoms with Gasteiger partial charge in [-0.05, 0) is 49.8 Å². The minimum Gasteiger partial charge on any atom is -0.480 e. The molecular weight excluding hydrogens is 274 g/mol. The number of likely N-dealkylation sites (N-methyl/N-ethyl adjacent to an activating group) is 1. The first-order valence-electron chi connectivity index (χ1n) is 8.60. The van der Waals surface area contributed by atoms with Gasteiger partial charge in [0.25, 0.3) is 5.91 Å². The Balaban J connectivity index is 2.71. The number of hydrogen-bond donors (Lipinski definition) is 1. The molecule has 1 atom stereocenters. The fraction of sp³-hybridized carbons (Fsp3) is 0.632. The maximum atomic E-state index is 11.9. The van der Waals surface area contributed by atoms with Crippen molar-refractivity contribution in [2.45, 2.75) is 71.8 Å². The number of rotatable bonds is 10. The van der Waals surface area contributed by atoms with Crippen molar-refractivity contribution in [2.24, 2.45) is 0 Å². The topological polar surface area (TPSA) is 38.3 Å². The number of benzene rings is 1. The van der Waals surface area contributed by atoms with Crippen molar-refractivity contribution in [1.82, 2.24) is 5.32 Å². The summed E-state index contributed by atoms with van der Waals surface area (Å²) in [4.78, 5) is 11.9. The molecule has 0 radical (unpaired) electrons. The Kier molecular flexibility index (Phi) is 8.64. The molecule has 124 valence electrons. The lowest BCUT2D eigenvalue weighted by molar-refractivity contribution is -0.127. The number of carbonyl (C=O) groups is 1. The van der Waals surface area contributed by atoms with E-state index in [4.69, 9.17) is 4.74 Å². The van der Waals surface area contributed by atoms with Gasteiger partial charge in [0.05, 0.1) is 0 Å². The molecule has 0 heterocycles. The molecule has 0 aliphatic carbocycles. The zero-order valence-corrected chi connectivity index (χ0v) is 14.6. The number of amides is 1. The number of ether oxygens (including phenoxy) is 1. The van der Waals surface area contributed by atoms with E-state index in [1.807, 2.05) is 6.07 Å². The molecule has 0 aliphatic rings. The van der Waals surface area contributed by atoms with E-state index in [0.717, 1.165) is 37.0 Å². The molecule has 0 aromatic heterocycles. The minimum absolute atomic E-state index is 0.0418. The van der Waals surface area contributed by atoms with Crippen LogP contribution in [0.4, 0.5) is 0 Å². The summed E-state index contributed by atoms with van der Waals surface area (Å²) in [5, 5.41) is 2.70. The summed E-state index contributed by atoms with van der Waals surface area (Å²) in [6.07, 6.45) is 7.27. The van der Waals surface area contributed by atoms with Crippen LogP contribution in [0, 0.1) is 6.92 Å². The average Bonchev–Trinajstić information content (AvgIpc) is 2.52. The first-order chi connectivity index (χ1) is 10.6. The SMILES string of the molecule is CCCCCc1ccc(OC(CCCC)C(=O)NC)c(C)c1. The number of carbonyl (C=O) groups excluding carboxylic acids is 1. The molecule has 1 unspecified atom stereocenters. The van der Waals surface area contributed by atoms with Crippen LogP contribution in [0.25, 0.3) is 0 Å². The lowest BCUT2D eigenvalue weighted by Crippen LogP contribution is -2.36. The van der Waals surface area contributed by atoms with Crippen molar-refractivity contribution in [3.63, 3.8) is 0 Å². The molecule has 0 bridgehead atoms. The summed E-state index contributed by atoms with van der Waals surface area (Å²) in [5.41, 5.74) is 2.46. The smallest absolute Gasteiger partial charge is 0.260 e. The van der Waals surface area contributed by atoms with Crippen molar-refractivity contribution in [1.29, 1.82) is 0 Å². The van der Waals surface area contributed by atoms with Crippen LogP contribution in [0.15, 0.2) is 18.2 Å². The molecule has 0 aliphatic heterocycles. The second-order valence-corrected chi connectivity index (χ2v) is 5.92. The Hall–Kier alpha value is -1.51. The highest BCUT2D eigenvalue weighted by Crippen LogP contribution is 2.23. The zero-order chi connectivity index (χ0) is 16.4. The molecule has 0 saturated carbocycles. The Morgan fingerprint density at radius 1 is 1.18 bits per heavy atom. The summed E-state index contributed by atoms with van der Waals surface area (Å²) in [6, 6.07) is 6.32. The van der Waals surface area contributed by atoms with Crippen molar-refractivity contribution in [3.05, 3.63) is 29.3 Å². The third-order valence-electron chi connectivity index (χ3n) is 3.94. The molecule has 1 amide bonds. The maximum absolute atomic E-state index is 11.9. The monoisotopic (exact) mass is 305 g/mol. The molecule has 3 nitrogen and oxygen atoms in total. The molecule has 0 fully saturated rings. The molecule has 1 rings (SSSR count). The molecule has 0 spiro atoms. The number of unbranched alkanes of at least 4 members (excludes halogenated alkanes) is 3. The summed E-state index contributed by atoms with van der Waals surface area (Å²) >= 11 is 0. The van der Waals surface area contributed by atoms with Crippen LogP contribution in [0.2, 0.25) is 0 Å². The maximum Gasteiger partial charge on any atom is 0.260 e. The van der Waals surface area contributed by atoms with Crippen molar-refractivity contribution in [3.8, 4) is 5.75 Å². The molecular formula is C19H31NO2. The van der Waals surface area contributed by atoms with Crippen LogP contribution in [0.3, 0.4) is 0 Å². The normalized spacial score (nSPS) is 12.0. The van der Waals surface area contributed by atoms with E-state index in [2.05, 4.69) is 38.2 Å². The van der Waals surface area contributed by atoms with Crippen molar-refractivity contribution in [2.75, 3.05) is 7.05 Å². The van der Waals surface area contributed by atoms with Gasteiger partial charge in [-0.2, -0.15) is 0 Å². The fourth-order valence-corrected chi connectivity index (χ4v) is 2.53. The van der Waals surface area contributed by atoms with Crippen molar-refractivity contribution < 1.29 is 9.53 Å². The van der Waals surface area contributed by atoms with E-state index < -0.39 is 6.10 Å². The van der Waals surface area contributed by atoms with Crippen LogP contribution in [0.5, 0.6) is 5.75 Å². The standard InChI is InChI=1S/C19H31NO2/c1-5-7-9-10-16-12-13-17(15(3)14-16)22-18(11-8-6-2)19(21)20-4/h12-14,18H,5-11H2,1-4H3,(H,20,21). The van der Waals surface area contributed by atoms with Crippen LogP contribution in [-0.2, 0) is 11.2 Å². The van der Waals surface area contributed by atoms with E-state index in [0.29, 0.717) is 0 Å². The fourth-order valence-electron chi connectivity index (χ4n) is 2.53. The predicted octanol–water partition coefficient (Wildman–Crippen LogP) is 4.41. The molecule has 3 heteroatoms. The Labute approximate surface area is 135 Å². The van der Waals surface area contributed by atoms with Gasteiger partial charge in [0, 0.05) is 7.05 Å². The van der Waals surface area contributed by atoms with Crippen molar-refractivity contribution >= 4 is 5.91 Å². The second-order valence-electron chi connectivity index (χ2n) is 5.92. The Morgan fingerprint density at radius 3 is 2.50 bits per heavy atom. The van der Waals surface area contributed by atoms with Gasteiger partial charge in [-0.25, -0.2) is 0 Å². The third-order valence-corrected chi connectivity index (χ3v) is 3.94. The highest BCUT2D eigenvalue weighted by atomic mass is 16.5. The van der Waals surface area contributed by atoms with E-state index >= 15 is 0 Å². The summed E-state index contributed by atoms with van der Waals surface area (Å²) < 4.78 is 5.97. The van der Waals surface area contributed by atoms with Gasteiger partial charge in [-0.3, -0.25) is 4.79 Å². The van der Waals surface area contributed by atoms with E-state index in [1.54, 1.807) is 7.05 Å². The number of nitrogens with one attached hydrogen (secondary N) is 1. The lowest BCUT2D eigenvalue weighted by Gasteiger charge is -2.19. The second kappa shape index (κ2) is 10.3. The van der Waals surface area contributed by atoms with Crippen LogP contribution in [0.1, 0.15) is 63.5 Å². The quantitative estimate of drug-likeness (QED) is 0.650. The third kappa shape index (κ3) is 6.08. The van der Waals surface area contributed by atoms with E-state index in [1.165, 1.54) is 24.8 Å². The molecule has 1 N–H and O–H groups in total. The molecule has 1 aromatic rings. The van der Waals surface area contributed by atoms with E-state index in [9.17, 15) is 4.79 Å². The minimum atomic E-state index is -0.394. The summed E-state index contributed by atoms with van der Waals surface area (Å²) in [5.74, 6) is 0.781. The largest absolute Gasteiger partial charge is 0.480 e. The zero-order valence-electron chi connectivity index (χ0n) is 14.6. The molecule has 22 heavy (non-hydrogen) atoms. The van der Waals surface area contributed by atoms with E-state index in [-0.39, 0.29) is 5.91 Å². The van der Waals surface area contributed by atoms with Crippen LogP contribution < -0.4 is 10.1 Å². The predicted molar refractivity (Wildman–Crippen MR) is 92.4 cm³/mol. The first kappa shape index (κ1) is 18.5. The first-order valence-corrected chi connectivity index (χ1v) is 8.60. The highest BCUT2D eigenvalue weighted by Gasteiger charge is 2.19. The number of aryl methyl sites for hydroxylation is 2. The molecule has 1 aromatic carbocycles. The summed E-state index contributed by atoms with van der Waals surface area (Å²) in [7, 11) is 1.66. The van der Waals surface area contributed by atoms with Crippen LogP contribution >= 0.6 is 0 Å². The number of hydrogen-bond acceptors (Lipinski definition) is 2. The van der Waals surface area contributed by atoms with Gasteiger partial charge in [-0.15, -0.1) is 0 Å². The van der Waals surface area contributed by atoms with Gasteiger partial charge in [0.15, 0.2) is 6.10 Å². The van der Waals surface area contributed by atoms with Gasteiger partial charge >= 0.3 is 0 Å². The van der Waals surface area contributed by atoms with Gasteiger partial charge in [-0.1, -0.05) is 45.2 Å². The highest BCUT2D eigenvalue weighted by molar-refractivity contribution is 5.80. The molecule has 0 saturated heterocycles. The lowest BCUT2D eigenvalue weighted by atomic mass is 10.0. The van der Waals surface area contributed by atoms with Gasteiger partial charge in [0.2, 0.25) is 0 Å². The van der Waals surface area contributed by atoms with Gasteiger partial charge in [0.1, 0.15) is 5.75 Å². The average molecular weight is 305 g/mol. The Morgan fingerprint density at radius 2 is 1.91 bits per heavy atom. The van der Waals surface area contributed by atoms with Crippen LogP contribution in [-0.4, -0.2) is 19.1 Å². The summed E-state index contributed by atoms with van der Waals surface area (Å²) in [6.45, 7) is 6.40. The van der Waals surface area contributed by atoms with Gasteiger partial charge < -0.3 is 10.1 Å². The Bertz CT molecular complexity index is 457.